The van der Waals surface area contributed by atoms with Gasteiger partial charge in [0.1, 0.15) is 11.9 Å². The normalized spacial score (nSPS) is 15.2. The van der Waals surface area contributed by atoms with Crippen LogP contribution < -0.4 is 10.6 Å². The Labute approximate surface area is 202 Å². The molecule has 3 aromatic rings. The zero-order valence-electron chi connectivity index (χ0n) is 18.7. The van der Waals surface area contributed by atoms with Crippen molar-refractivity contribution in [1.82, 2.24) is 9.62 Å². The quantitative estimate of drug-likeness (QED) is 0.522. The lowest BCUT2D eigenvalue weighted by atomic mass is 10.0. The summed E-state index contributed by atoms with van der Waals surface area (Å²) in [6.07, 6.45) is 0. The molecule has 2 amide bonds. The van der Waals surface area contributed by atoms with Crippen LogP contribution in [-0.4, -0.2) is 50.8 Å². The number of benzene rings is 3. The number of carbonyl (C=O) groups is 2. The van der Waals surface area contributed by atoms with Crippen molar-refractivity contribution < 1.29 is 27.1 Å². The van der Waals surface area contributed by atoms with Crippen LogP contribution in [0.25, 0.3) is 0 Å². The molecule has 1 aliphatic heterocycles. The first-order valence-electron chi connectivity index (χ1n) is 11.0. The molecule has 182 valence electrons. The molecule has 3 aromatic carbocycles. The predicted octanol–water partition coefficient (Wildman–Crippen LogP) is 2.96. The van der Waals surface area contributed by atoms with Crippen molar-refractivity contribution in [1.29, 1.82) is 0 Å². The molecule has 1 fully saturated rings. The molecule has 2 N–H and O–H groups in total. The van der Waals surface area contributed by atoms with Crippen molar-refractivity contribution in [2.24, 2.45) is 0 Å². The average molecular weight is 498 g/mol. The van der Waals surface area contributed by atoms with Crippen molar-refractivity contribution in [3.63, 3.8) is 0 Å². The van der Waals surface area contributed by atoms with Crippen LogP contribution in [0.4, 0.5) is 10.1 Å². The monoisotopic (exact) mass is 497 g/mol. The third-order valence-corrected chi connectivity index (χ3v) is 7.40. The van der Waals surface area contributed by atoms with Crippen molar-refractivity contribution in [3.8, 4) is 0 Å². The molecule has 0 aromatic heterocycles. The maximum atomic E-state index is 14.7. The number of morpholine rings is 1. The predicted molar refractivity (Wildman–Crippen MR) is 128 cm³/mol. The van der Waals surface area contributed by atoms with Crippen molar-refractivity contribution in [2.75, 3.05) is 31.6 Å². The van der Waals surface area contributed by atoms with E-state index >= 15 is 0 Å². The third kappa shape index (κ3) is 5.73. The van der Waals surface area contributed by atoms with Gasteiger partial charge in [-0.2, -0.15) is 4.31 Å². The van der Waals surface area contributed by atoms with Crippen LogP contribution in [0, 0.1) is 5.82 Å². The second kappa shape index (κ2) is 10.8. The molecule has 1 atom stereocenters. The Balaban J connectivity index is 1.61. The minimum atomic E-state index is -3.95. The summed E-state index contributed by atoms with van der Waals surface area (Å²) in [4.78, 5) is 26.0. The fourth-order valence-electron chi connectivity index (χ4n) is 3.67. The van der Waals surface area contributed by atoms with Crippen molar-refractivity contribution in [2.45, 2.75) is 10.9 Å². The topological polar surface area (TPSA) is 105 Å². The van der Waals surface area contributed by atoms with E-state index in [0.717, 1.165) is 18.2 Å². The largest absolute Gasteiger partial charge is 0.379 e. The molecular formula is C25H24FN3O5S. The number of hydrogen-bond acceptors (Lipinski definition) is 5. The number of para-hydroxylation sites is 1. The zero-order chi connectivity index (χ0) is 24.8. The number of hydrogen-bond donors (Lipinski definition) is 2. The van der Waals surface area contributed by atoms with Gasteiger partial charge in [-0.05, 0) is 35.9 Å². The molecule has 35 heavy (non-hydrogen) atoms. The van der Waals surface area contributed by atoms with Gasteiger partial charge in [-0.25, -0.2) is 12.8 Å². The highest BCUT2D eigenvalue weighted by atomic mass is 32.2. The minimum absolute atomic E-state index is 0.164. The van der Waals surface area contributed by atoms with E-state index in [1.807, 2.05) is 0 Å². The summed E-state index contributed by atoms with van der Waals surface area (Å²) in [5.41, 5.74) is 0.525. The van der Waals surface area contributed by atoms with Gasteiger partial charge in [-0.1, -0.05) is 48.5 Å². The van der Waals surface area contributed by atoms with E-state index < -0.39 is 39.3 Å². The van der Waals surface area contributed by atoms with Gasteiger partial charge in [0.15, 0.2) is 0 Å². The first-order valence-corrected chi connectivity index (χ1v) is 12.4. The van der Waals surface area contributed by atoms with Crippen LogP contribution in [0.15, 0.2) is 83.8 Å². The van der Waals surface area contributed by atoms with Gasteiger partial charge in [0, 0.05) is 18.8 Å². The average Bonchev–Trinajstić information content (AvgIpc) is 2.89. The first-order chi connectivity index (χ1) is 16.9. The van der Waals surface area contributed by atoms with E-state index in [1.54, 1.807) is 60.7 Å². The highest BCUT2D eigenvalue weighted by molar-refractivity contribution is 7.89. The summed E-state index contributed by atoms with van der Waals surface area (Å²) < 4.78 is 47.0. The molecule has 0 bridgehead atoms. The van der Waals surface area contributed by atoms with E-state index in [-0.39, 0.29) is 31.2 Å². The number of carbonyl (C=O) groups excluding carboxylic acids is 2. The summed E-state index contributed by atoms with van der Waals surface area (Å²) in [6.45, 7) is 0.833. The van der Waals surface area contributed by atoms with E-state index in [0.29, 0.717) is 11.3 Å². The number of nitrogens with zero attached hydrogens (tertiary/aromatic N) is 1. The maximum absolute atomic E-state index is 14.7. The molecule has 0 aliphatic carbocycles. The van der Waals surface area contributed by atoms with E-state index in [1.165, 1.54) is 4.31 Å². The second-order valence-electron chi connectivity index (χ2n) is 7.83. The molecule has 4 rings (SSSR count). The van der Waals surface area contributed by atoms with Crippen LogP contribution in [0.5, 0.6) is 0 Å². The lowest BCUT2D eigenvalue weighted by Crippen LogP contribution is -2.41. The van der Waals surface area contributed by atoms with Gasteiger partial charge >= 0.3 is 0 Å². The smallest absolute Gasteiger partial charge is 0.255 e. The lowest BCUT2D eigenvalue weighted by molar-refractivity contribution is -0.118. The van der Waals surface area contributed by atoms with Gasteiger partial charge in [0.05, 0.1) is 23.7 Å². The van der Waals surface area contributed by atoms with Crippen molar-refractivity contribution >= 4 is 27.5 Å². The summed E-state index contributed by atoms with van der Waals surface area (Å²) in [7, 11) is -3.95. The number of amides is 2. The Morgan fingerprint density at radius 1 is 0.914 bits per heavy atom. The van der Waals surface area contributed by atoms with Gasteiger partial charge < -0.3 is 15.4 Å². The SMILES string of the molecule is O=C(NC(C(=O)Nc1ccccc1)c1ccccc1)c1cc(S(=O)(=O)N2CCOCC2)ccc1F. The summed E-state index contributed by atoms with van der Waals surface area (Å²) in [5, 5.41) is 5.28. The van der Waals surface area contributed by atoms with Crippen molar-refractivity contribution in [3.05, 3.63) is 95.8 Å². The van der Waals surface area contributed by atoms with E-state index in [9.17, 15) is 22.4 Å². The molecule has 8 nitrogen and oxygen atoms in total. The van der Waals surface area contributed by atoms with Crippen LogP contribution in [0.1, 0.15) is 22.0 Å². The van der Waals surface area contributed by atoms with Crippen LogP contribution in [0.2, 0.25) is 0 Å². The number of anilines is 1. The van der Waals surface area contributed by atoms with Crippen LogP contribution in [0.3, 0.4) is 0 Å². The highest BCUT2D eigenvalue weighted by Gasteiger charge is 2.29. The van der Waals surface area contributed by atoms with Crippen LogP contribution in [-0.2, 0) is 19.6 Å². The van der Waals surface area contributed by atoms with E-state index in [2.05, 4.69) is 10.6 Å². The molecule has 0 spiro atoms. The number of nitrogens with one attached hydrogen (secondary N) is 2. The fourth-order valence-corrected chi connectivity index (χ4v) is 5.10. The first kappa shape index (κ1) is 24.5. The molecule has 0 saturated carbocycles. The summed E-state index contributed by atoms with van der Waals surface area (Å²) >= 11 is 0. The molecular weight excluding hydrogens is 473 g/mol. The third-order valence-electron chi connectivity index (χ3n) is 5.50. The standard InChI is InChI=1S/C25H24FN3O5S/c26-22-12-11-20(35(32,33)29-13-15-34-16-14-29)17-21(22)24(30)28-23(18-7-3-1-4-8-18)25(31)27-19-9-5-2-6-10-19/h1-12,17,23H,13-16H2,(H,27,31)(H,28,30). The van der Waals surface area contributed by atoms with Gasteiger partial charge in [-0.15, -0.1) is 0 Å². The molecule has 10 heteroatoms. The molecule has 1 saturated heterocycles. The lowest BCUT2D eigenvalue weighted by Gasteiger charge is -2.26. The minimum Gasteiger partial charge on any atom is -0.379 e. The number of ether oxygens (including phenoxy) is 1. The number of rotatable bonds is 7. The molecule has 1 heterocycles. The number of sulfonamides is 1. The fraction of sp³-hybridized carbons (Fsp3) is 0.200. The Morgan fingerprint density at radius 3 is 2.20 bits per heavy atom. The van der Waals surface area contributed by atoms with Gasteiger partial charge in [0.2, 0.25) is 10.0 Å². The number of halogens is 1. The molecule has 0 radical (unpaired) electrons. The van der Waals surface area contributed by atoms with Gasteiger partial charge in [-0.3, -0.25) is 9.59 Å². The Morgan fingerprint density at radius 2 is 1.54 bits per heavy atom. The maximum Gasteiger partial charge on any atom is 0.255 e. The van der Waals surface area contributed by atoms with Gasteiger partial charge in [0.25, 0.3) is 11.8 Å². The molecule has 1 unspecified atom stereocenters. The Kier molecular flexibility index (Phi) is 7.54. The summed E-state index contributed by atoms with van der Waals surface area (Å²) in [5.74, 6) is -2.36. The molecule has 1 aliphatic rings. The zero-order valence-corrected chi connectivity index (χ0v) is 19.5. The second-order valence-corrected chi connectivity index (χ2v) is 9.77. The van der Waals surface area contributed by atoms with E-state index in [4.69, 9.17) is 4.74 Å². The Bertz CT molecular complexity index is 1300. The van der Waals surface area contributed by atoms with Crippen LogP contribution >= 0.6 is 0 Å². The summed E-state index contributed by atoms with van der Waals surface area (Å²) in [6, 6.07) is 19.1. The Hall–Kier alpha value is -3.60. The highest BCUT2D eigenvalue weighted by Crippen LogP contribution is 2.22.